The average molecular weight is 273 g/mol. The Kier molecular flexibility index (Phi) is 4.78. The normalized spacial score (nSPS) is 23.6. The molecule has 0 bridgehead atoms. The first kappa shape index (κ1) is 15.4. The number of aryl methyl sites for hydroxylation is 2. The van der Waals surface area contributed by atoms with Crippen LogP contribution in [0.25, 0.3) is 0 Å². The van der Waals surface area contributed by atoms with Gasteiger partial charge in [-0.25, -0.2) is 0 Å². The number of rotatable bonds is 3. The highest BCUT2D eigenvalue weighted by Crippen LogP contribution is 2.40. The second-order valence-electron chi connectivity index (χ2n) is 7.47. The highest BCUT2D eigenvalue weighted by Gasteiger charge is 2.34. The predicted octanol–water partition coefficient (Wildman–Crippen LogP) is 5.57. The van der Waals surface area contributed by atoms with Crippen LogP contribution >= 0.6 is 0 Å². The fourth-order valence-corrected chi connectivity index (χ4v) is 3.76. The number of anilines is 1. The van der Waals surface area contributed by atoms with Crippen molar-refractivity contribution in [2.75, 3.05) is 5.32 Å². The van der Waals surface area contributed by atoms with Gasteiger partial charge < -0.3 is 5.32 Å². The summed E-state index contributed by atoms with van der Waals surface area (Å²) >= 11 is 0. The van der Waals surface area contributed by atoms with Crippen LogP contribution < -0.4 is 5.32 Å². The summed E-state index contributed by atoms with van der Waals surface area (Å²) in [4.78, 5) is 0. The van der Waals surface area contributed by atoms with Gasteiger partial charge in [-0.3, -0.25) is 0 Å². The largest absolute Gasteiger partial charge is 0.382 e. The van der Waals surface area contributed by atoms with Gasteiger partial charge in [0.25, 0.3) is 0 Å². The van der Waals surface area contributed by atoms with E-state index in [2.05, 4.69) is 58.1 Å². The smallest absolute Gasteiger partial charge is 0.0404 e. The Morgan fingerprint density at radius 3 is 2.50 bits per heavy atom. The highest BCUT2D eigenvalue weighted by atomic mass is 14.9. The Morgan fingerprint density at radius 2 is 1.85 bits per heavy atom. The summed E-state index contributed by atoms with van der Waals surface area (Å²) in [5.74, 6) is 0.778. The quantitative estimate of drug-likeness (QED) is 0.758. The molecule has 1 aromatic carbocycles. The van der Waals surface area contributed by atoms with Crippen molar-refractivity contribution in [3.8, 4) is 0 Å². The molecular formula is C19H31N. The van der Waals surface area contributed by atoms with Crippen LogP contribution in [0.2, 0.25) is 0 Å². The van der Waals surface area contributed by atoms with E-state index in [1.165, 1.54) is 42.5 Å². The molecule has 0 amide bonds. The molecule has 0 spiro atoms. The van der Waals surface area contributed by atoms with Gasteiger partial charge in [-0.1, -0.05) is 58.7 Å². The minimum absolute atomic E-state index is 0.396. The summed E-state index contributed by atoms with van der Waals surface area (Å²) in [5.41, 5.74) is 4.65. The van der Waals surface area contributed by atoms with Crippen molar-refractivity contribution in [3.63, 3.8) is 0 Å². The van der Waals surface area contributed by atoms with Crippen LogP contribution in [0.15, 0.2) is 18.2 Å². The van der Waals surface area contributed by atoms with Crippen LogP contribution in [0.1, 0.15) is 64.5 Å². The van der Waals surface area contributed by atoms with E-state index in [0.29, 0.717) is 11.5 Å². The second kappa shape index (κ2) is 6.20. The van der Waals surface area contributed by atoms with Crippen LogP contribution in [0.5, 0.6) is 0 Å². The van der Waals surface area contributed by atoms with Crippen LogP contribution in [0, 0.1) is 18.3 Å². The minimum Gasteiger partial charge on any atom is -0.382 e. The average Bonchev–Trinajstić information content (AvgIpc) is 2.40. The first-order valence-corrected chi connectivity index (χ1v) is 8.28. The topological polar surface area (TPSA) is 12.0 Å². The van der Waals surface area contributed by atoms with Crippen molar-refractivity contribution < 1.29 is 0 Å². The lowest BCUT2D eigenvalue weighted by Gasteiger charge is -2.41. The molecule has 1 aromatic rings. The molecule has 2 atom stereocenters. The molecule has 1 fully saturated rings. The summed E-state index contributed by atoms with van der Waals surface area (Å²) in [6.45, 7) is 11.7. The van der Waals surface area contributed by atoms with Gasteiger partial charge in [-0.15, -0.1) is 0 Å². The number of benzene rings is 1. The van der Waals surface area contributed by atoms with E-state index in [1.807, 2.05) is 0 Å². The zero-order chi connectivity index (χ0) is 14.8. The third kappa shape index (κ3) is 3.37. The summed E-state index contributed by atoms with van der Waals surface area (Å²) in [5, 5.41) is 3.93. The SMILES string of the molecule is CCc1cccc(C)c1NC1CCCCC1C(C)(C)C. The Labute approximate surface area is 125 Å². The van der Waals surface area contributed by atoms with Gasteiger partial charge in [0.15, 0.2) is 0 Å². The van der Waals surface area contributed by atoms with E-state index in [0.717, 1.165) is 12.3 Å². The van der Waals surface area contributed by atoms with Gasteiger partial charge in [0.05, 0.1) is 0 Å². The van der Waals surface area contributed by atoms with Crippen molar-refractivity contribution in [1.82, 2.24) is 0 Å². The molecule has 2 unspecified atom stereocenters. The molecule has 1 N–H and O–H groups in total. The van der Waals surface area contributed by atoms with Gasteiger partial charge >= 0.3 is 0 Å². The van der Waals surface area contributed by atoms with Crippen molar-refractivity contribution in [1.29, 1.82) is 0 Å². The van der Waals surface area contributed by atoms with E-state index in [9.17, 15) is 0 Å². The molecule has 0 aliphatic heterocycles. The summed E-state index contributed by atoms with van der Waals surface area (Å²) < 4.78 is 0. The molecule has 1 aliphatic carbocycles. The first-order chi connectivity index (χ1) is 9.43. The molecule has 0 saturated heterocycles. The maximum atomic E-state index is 3.93. The molecule has 112 valence electrons. The van der Waals surface area contributed by atoms with E-state index in [1.54, 1.807) is 0 Å². The van der Waals surface area contributed by atoms with Crippen LogP contribution in [0.3, 0.4) is 0 Å². The zero-order valence-corrected chi connectivity index (χ0v) is 13.9. The number of para-hydroxylation sites is 1. The van der Waals surface area contributed by atoms with E-state index in [-0.39, 0.29) is 0 Å². The fourth-order valence-electron chi connectivity index (χ4n) is 3.76. The maximum Gasteiger partial charge on any atom is 0.0404 e. The second-order valence-corrected chi connectivity index (χ2v) is 7.47. The van der Waals surface area contributed by atoms with Crippen LogP contribution in [-0.4, -0.2) is 6.04 Å². The van der Waals surface area contributed by atoms with E-state index < -0.39 is 0 Å². The third-order valence-electron chi connectivity index (χ3n) is 4.95. The molecule has 1 aliphatic rings. The Bertz CT molecular complexity index is 442. The molecule has 2 rings (SSSR count). The summed E-state index contributed by atoms with van der Waals surface area (Å²) in [6.07, 6.45) is 6.57. The highest BCUT2D eigenvalue weighted by molar-refractivity contribution is 5.58. The lowest BCUT2D eigenvalue weighted by molar-refractivity contribution is 0.163. The van der Waals surface area contributed by atoms with Crippen molar-refractivity contribution >= 4 is 5.69 Å². The molecule has 0 heterocycles. The lowest BCUT2D eigenvalue weighted by atomic mass is 9.69. The number of hydrogen-bond donors (Lipinski definition) is 1. The molecule has 0 radical (unpaired) electrons. The molecular weight excluding hydrogens is 242 g/mol. The zero-order valence-electron chi connectivity index (χ0n) is 13.9. The monoisotopic (exact) mass is 273 g/mol. The van der Waals surface area contributed by atoms with Gasteiger partial charge in [-0.05, 0) is 48.6 Å². The molecule has 1 nitrogen and oxygen atoms in total. The van der Waals surface area contributed by atoms with E-state index >= 15 is 0 Å². The van der Waals surface area contributed by atoms with Gasteiger partial charge in [0.1, 0.15) is 0 Å². The third-order valence-corrected chi connectivity index (χ3v) is 4.95. The van der Waals surface area contributed by atoms with Gasteiger partial charge in [0, 0.05) is 11.7 Å². The Morgan fingerprint density at radius 1 is 1.15 bits per heavy atom. The van der Waals surface area contributed by atoms with Gasteiger partial charge in [-0.2, -0.15) is 0 Å². The summed E-state index contributed by atoms with van der Waals surface area (Å²) in [6, 6.07) is 7.32. The Balaban J connectivity index is 2.23. The summed E-state index contributed by atoms with van der Waals surface area (Å²) in [7, 11) is 0. The number of hydrogen-bond acceptors (Lipinski definition) is 1. The Hall–Kier alpha value is -0.980. The standard InChI is InChI=1S/C19H31N/c1-6-15-11-9-10-14(2)18(15)20-17-13-8-7-12-16(17)19(3,4)5/h9-11,16-17,20H,6-8,12-13H2,1-5H3. The van der Waals surface area contributed by atoms with E-state index in [4.69, 9.17) is 0 Å². The number of nitrogens with one attached hydrogen (secondary N) is 1. The van der Waals surface area contributed by atoms with Crippen molar-refractivity contribution in [3.05, 3.63) is 29.3 Å². The fraction of sp³-hybridized carbons (Fsp3) is 0.684. The van der Waals surface area contributed by atoms with Crippen LogP contribution in [0.4, 0.5) is 5.69 Å². The molecule has 1 saturated carbocycles. The first-order valence-electron chi connectivity index (χ1n) is 8.28. The van der Waals surface area contributed by atoms with Gasteiger partial charge in [0.2, 0.25) is 0 Å². The maximum absolute atomic E-state index is 3.93. The molecule has 0 aromatic heterocycles. The lowest BCUT2D eigenvalue weighted by Crippen LogP contribution is -2.40. The molecule has 20 heavy (non-hydrogen) atoms. The minimum atomic E-state index is 0.396. The van der Waals surface area contributed by atoms with Crippen LogP contribution in [-0.2, 0) is 6.42 Å². The molecule has 1 heteroatoms. The van der Waals surface area contributed by atoms with Crippen molar-refractivity contribution in [2.45, 2.75) is 72.8 Å². The predicted molar refractivity (Wildman–Crippen MR) is 89.4 cm³/mol. The van der Waals surface area contributed by atoms with Crippen molar-refractivity contribution in [2.24, 2.45) is 11.3 Å².